The number of ether oxygens (including phenoxy) is 1. The molecule has 0 amide bonds. The Bertz CT molecular complexity index is 526. The van der Waals surface area contributed by atoms with Crippen LogP contribution in [-0.4, -0.2) is 25.7 Å². The van der Waals surface area contributed by atoms with Crippen LogP contribution in [0.15, 0.2) is 29.8 Å². The van der Waals surface area contributed by atoms with Crippen LogP contribution in [-0.2, 0) is 9.53 Å². The highest BCUT2D eigenvalue weighted by Gasteiger charge is 2.10. The van der Waals surface area contributed by atoms with Crippen LogP contribution in [0.25, 0.3) is 6.08 Å². The summed E-state index contributed by atoms with van der Waals surface area (Å²) in [5.74, 6) is -0.580. The molecule has 0 radical (unpaired) electrons. The molecule has 0 saturated carbocycles. The Morgan fingerprint density at radius 1 is 1.35 bits per heavy atom. The van der Waals surface area contributed by atoms with Gasteiger partial charge in [-0.05, 0) is 44.5 Å². The third kappa shape index (κ3) is 4.13. The smallest absolute Gasteiger partial charge is 0.348 e. The van der Waals surface area contributed by atoms with E-state index in [-0.39, 0.29) is 12.2 Å². The van der Waals surface area contributed by atoms with Gasteiger partial charge in [-0.1, -0.05) is 12.1 Å². The molecule has 0 unspecified atom stereocenters. The van der Waals surface area contributed by atoms with E-state index in [1.54, 1.807) is 13.0 Å². The molecule has 0 saturated heterocycles. The van der Waals surface area contributed by atoms with Crippen molar-refractivity contribution in [3.8, 4) is 6.07 Å². The second kappa shape index (κ2) is 8.00. The Labute approximate surface area is 120 Å². The third-order valence-corrected chi connectivity index (χ3v) is 2.93. The number of esters is 1. The number of hydrogen-bond acceptors (Lipinski definition) is 4. The maximum Gasteiger partial charge on any atom is 0.348 e. The van der Waals surface area contributed by atoms with E-state index in [9.17, 15) is 4.79 Å². The molecule has 1 aromatic rings. The van der Waals surface area contributed by atoms with Gasteiger partial charge in [-0.25, -0.2) is 4.79 Å². The summed E-state index contributed by atoms with van der Waals surface area (Å²) in [7, 11) is 0. The van der Waals surface area contributed by atoms with Gasteiger partial charge in [-0.3, -0.25) is 0 Å². The fraction of sp³-hybridized carbons (Fsp3) is 0.375. The van der Waals surface area contributed by atoms with Crippen LogP contribution in [0.2, 0.25) is 0 Å². The predicted molar refractivity (Wildman–Crippen MR) is 80.2 cm³/mol. The number of benzene rings is 1. The van der Waals surface area contributed by atoms with Gasteiger partial charge in [-0.15, -0.1) is 0 Å². The highest BCUT2D eigenvalue weighted by atomic mass is 16.5. The Kier molecular flexibility index (Phi) is 6.31. The number of hydrogen-bond donors (Lipinski definition) is 0. The van der Waals surface area contributed by atoms with Crippen LogP contribution < -0.4 is 4.90 Å². The van der Waals surface area contributed by atoms with Gasteiger partial charge in [0.25, 0.3) is 0 Å². The minimum absolute atomic E-state index is 0.0172. The first-order chi connectivity index (χ1) is 9.65. The molecule has 1 rings (SSSR count). The highest BCUT2D eigenvalue weighted by Crippen LogP contribution is 2.18. The summed E-state index contributed by atoms with van der Waals surface area (Å²) in [4.78, 5) is 13.8. The standard InChI is InChI=1S/C16H20N2O2/c1-4-18(5-2)15-9-7-8-13(11-15)10-14(12-17)16(19)20-6-3/h7-11H,4-6H2,1-3H3/b14-10+. The van der Waals surface area contributed by atoms with Crippen molar-refractivity contribution in [2.45, 2.75) is 20.8 Å². The summed E-state index contributed by atoms with van der Waals surface area (Å²) in [5.41, 5.74) is 1.91. The van der Waals surface area contributed by atoms with Crippen LogP contribution in [0.4, 0.5) is 5.69 Å². The van der Waals surface area contributed by atoms with Crippen molar-refractivity contribution in [3.05, 3.63) is 35.4 Å². The van der Waals surface area contributed by atoms with Gasteiger partial charge in [0.1, 0.15) is 11.6 Å². The molecule has 4 nitrogen and oxygen atoms in total. The van der Waals surface area contributed by atoms with E-state index in [1.807, 2.05) is 30.3 Å². The average molecular weight is 272 g/mol. The largest absolute Gasteiger partial charge is 0.462 e. The van der Waals surface area contributed by atoms with E-state index in [2.05, 4.69) is 18.7 Å². The first-order valence-corrected chi connectivity index (χ1v) is 6.80. The summed E-state index contributed by atoms with van der Waals surface area (Å²) in [6, 6.07) is 9.64. The molecule has 0 aliphatic heterocycles. The molecule has 0 atom stereocenters. The zero-order valence-corrected chi connectivity index (χ0v) is 12.2. The van der Waals surface area contributed by atoms with Gasteiger partial charge in [0.15, 0.2) is 0 Å². The lowest BCUT2D eigenvalue weighted by Crippen LogP contribution is -2.21. The van der Waals surface area contributed by atoms with E-state index in [0.29, 0.717) is 0 Å². The zero-order chi connectivity index (χ0) is 15.0. The molecule has 0 heterocycles. The maximum absolute atomic E-state index is 11.6. The third-order valence-electron chi connectivity index (χ3n) is 2.93. The summed E-state index contributed by atoms with van der Waals surface area (Å²) in [6.07, 6.45) is 1.56. The Balaban J connectivity index is 3.05. The number of carbonyl (C=O) groups is 1. The lowest BCUT2D eigenvalue weighted by Gasteiger charge is -2.21. The van der Waals surface area contributed by atoms with Crippen LogP contribution in [0, 0.1) is 11.3 Å². The van der Waals surface area contributed by atoms with Gasteiger partial charge < -0.3 is 9.64 Å². The summed E-state index contributed by atoms with van der Waals surface area (Å²) < 4.78 is 4.85. The number of nitriles is 1. The molecule has 20 heavy (non-hydrogen) atoms. The minimum Gasteiger partial charge on any atom is -0.462 e. The Morgan fingerprint density at radius 2 is 2.05 bits per heavy atom. The van der Waals surface area contributed by atoms with E-state index >= 15 is 0 Å². The van der Waals surface area contributed by atoms with Crippen molar-refractivity contribution < 1.29 is 9.53 Å². The van der Waals surface area contributed by atoms with Gasteiger partial charge >= 0.3 is 5.97 Å². The van der Waals surface area contributed by atoms with Gasteiger partial charge in [0.05, 0.1) is 6.61 Å². The van der Waals surface area contributed by atoms with E-state index < -0.39 is 5.97 Å². The van der Waals surface area contributed by atoms with Crippen molar-refractivity contribution in [3.63, 3.8) is 0 Å². The Hall–Kier alpha value is -2.28. The molecular weight excluding hydrogens is 252 g/mol. The van der Waals surface area contributed by atoms with Gasteiger partial charge in [0, 0.05) is 18.8 Å². The highest BCUT2D eigenvalue weighted by molar-refractivity contribution is 5.98. The second-order valence-electron chi connectivity index (χ2n) is 4.16. The molecule has 1 aromatic carbocycles. The van der Waals surface area contributed by atoms with Crippen molar-refractivity contribution in [1.82, 2.24) is 0 Å². The van der Waals surface area contributed by atoms with Crippen LogP contribution >= 0.6 is 0 Å². The van der Waals surface area contributed by atoms with Crippen molar-refractivity contribution >= 4 is 17.7 Å². The number of carbonyl (C=O) groups excluding carboxylic acids is 1. The van der Waals surface area contributed by atoms with Crippen LogP contribution in [0.1, 0.15) is 26.3 Å². The topological polar surface area (TPSA) is 53.3 Å². The molecule has 0 bridgehead atoms. The summed E-state index contributed by atoms with van der Waals surface area (Å²) in [5, 5.41) is 9.03. The Morgan fingerprint density at radius 3 is 2.60 bits per heavy atom. The maximum atomic E-state index is 11.6. The minimum atomic E-state index is -0.580. The molecular formula is C16H20N2O2. The number of rotatable bonds is 6. The SMILES string of the molecule is CCOC(=O)/C(C#N)=C/c1cccc(N(CC)CC)c1. The molecule has 0 aromatic heterocycles. The molecule has 0 fully saturated rings. The zero-order valence-electron chi connectivity index (χ0n) is 12.2. The lowest BCUT2D eigenvalue weighted by atomic mass is 10.1. The predicted octanol–water partition coefficient (Wildman–Crippen LogP) is 3.00. The van der Waals surface area contributed by atoms with Crippen molar-refractivity contribution in [2.24, 2.45) is 0 Å². The van der Waals surface area contributed by atoms with Crippen molar-refractivity contribution in [2.75, 3.05) is 24.6 Å². The molecule has 106 valence electrons. The molecule has 0 aliphatic rings. The first kappa shape index (κ1) is 15.8. The lowest BCUT2D eigenvalue weighted by molar-refractivity contribution is -0.137. The second-order valence-corrected chi connectivity index (χ2v) is 4.16. The first-order valence-electron chi connectivity index (χ1n) is 6.80. The molecule has 0 N–H and O–H groups in total. The average Bonchev–Trinajstić information content (AvgIpc) is 2.46. The summed E-state index contributed by atoms with van der Waals surface area (Å²) >= 11 is 0. The normalized spacial score (nSPS) is 10.8. The number of anilines is 1. The molecule has 0 aliphatic carbocycles. The van der Waals surface area contributed by atoms with Gasteiger partial charge in [0.2, 0.25) is 0 Å². The van der Waals surface area contributed by atoms with Crippen molar-refractivity contribution in [1.29, 1.82) is 5.26 Å². The monoisotopic (exact) mass is 272 g/mol. The quantitative estimate of drug-likeness (QED) is 0.454. The fourth-order valence-corrected chi connectivity index (χ4v) is 1.91. The van der Waals surface area contributed by atoms with Crippen LogP contribution in [0.3, 0.4) is 0 Å². The van der Waals surface area contributed by atoms with E-state index in [4.69, 9.17) is 10.00 Å². The summed E-state index contributed by atoms with van der Waals surface area (Å²) in [6.45, 7) is 7.97. The van der Waals surface area contributed by atoms with E-state index in [1.165, 1.54) is 0 Å². The van der Waals surface area contributed by atoms with E-state index in [0.717, 1.165) is 24.3 Å². The fourth-order valence-electron chi connectivity index (χ4n) is 1.91. The van der Waals surface area contributed by atoms with Gasteiger partial charge in [-0.2, -0.15) is 5.26 Å². The number of nitrogens with zero attached hydrogens (tertiary/aromatic N) is 2. The van der Waals surface area contributed by atoms with Crippen LogP contribution in [0.5, 0.6) is 0 Å². The molecule has 0 spiro atoms. The molecule has 4 heteroatoms.